The summed E-state index contributed by atoms with van der Waals surface area (Å²) in [5.74, 6) is 0.225. The minimum atomic E-state index is 0.0247. The average molecular weight is 364 g/mol. The van der Waals surface area contributed by atoms with Crippen LogP contribution in [0.15, 0.2) is 42.5 Å². The average Bonchev–Trinajstić information content (AvgIpc) is 3.52. The molecule has 2 amide bonds. The Bertz CT molecular complexity index is 843. The third kappa shape index (κ3) is 4.00. The molecule has 2 aromatic rings. The Kier molecular flexibility index (Phi) is 5.15. The predicted octanol–water partition coefficient (Wildman–Crippen LogP) is 4.29. The predicted molar refractivity (Wildman–Crippen MR) is 107 cm³/mol. The number of nitrogens with zero attached hydrogens (tertiary/aromatic N) is 2. The molecule has 142 valence electrons. The number of hydrogen-bond donors (Lipinski definition) is 0. The van der Waals surface area contributed by atoms with Crippen molar-refractivity contribution in [2.45, 2.75) is 57.5 Å². The molecule has 0 bridgehead atoms. The number of rotatable bonds is 5. The van der Waals surface area contributed by atoms with E-state index in [9.17, 15) is 9.59 Å². The molecule has 0 radical (unpaired) electrons. The van der Waals surface area contributed by atoms with Crippen LogP contribution in [0, 0.1) is 0 Å². The van der Waals surface area contributed by atoms with Gasteiger partial charge in [-0.1, -0.05) is 42.8 Å². The molecule has 0 N–H and O–H groups in total. The lowest BCUT2D eigenvalue weighted by Crippen LogP contribution is -2.44. The lowest BCUT2D eigenvalue weighted by Gasteiger charge is -2.32. The fourth-order valence-corrected chi connectivity index (χ4v) is 4.17. The molecule has 2 fully saturated rings. The first-order valence-corrected chi connectivity index (χ1v) is 10.2. The van der Waals surface area contributed by atoms with Crippen molar-refractivity contribution in [2.75, 3.05) is 13.1 Å². The highest BCUT2D eigenvalue weighted by Gasteiger charge is 2.37. The molecule has 1 aliphatic carbocycles. The highest BCUT2D eigenvalue weighted by atomic mass is 16.2. The van der Waals surface area contributed by atoms with E-state index >= 15 is 0 Å². The second kappa shape index (κ2) is 7.71. The number of hydrogen-bond acceptors (Lipinski definition) is 2. The lowest BCUT2D eigenvalue weighted by atomic mass is 10.0. The van der Waals surface area contributed by atoms with Gasteiger partial charge in [0, 0.05) is 19.0 Å². The Morgan fingerprint density at radius 3 is 2.67 bits per heavy atom. The summed E-state index contributed by atoms with van der Waals surface area (Å²) < 4.78 is 0. The lowest BCUT2D eigenvalue weighted by molar-refractivity contribution is -0.142. The number of fused-ring (bicyclic) bond motifs is 1. The SMILES string of the molecule is C[C@H](c1ccc2ccccc2c1)N(C(=O)CN1CCCCCC1=O)C1CC1. The molecule has 4 heteroatoms. The Balaban J connectivity index is 1.53. The van der Waals surface area contributed by atoms with Gasteiger partial charge in [-0.2, -0.15) is 0 Å². The van der Waals surface area contributed by atoms with Gasteiger partial charge >= 0.3 is 0 Å². The Morgan fingerprint density at radius 2 is 1.89 bits per heavy atom. The molecule has 0 spiro atoms. The molecule has 0 unspecified atom stereocenters. The summed E-state index contributed by atoms with van der Waals surface area (Å²) in [5, 5.41) is 2.42. The van der Waals surface area contributed by atoms with Crippen molar-refractivity contribution >= 4 is 22.6 Å². The molecule has 2 aliphatic rings. The number of carbonyl (C=O) groups is 2. The molecule has 1 saturated heterocycles. The molecular weight excluding hydrogens is 336 g/mol. The van der Waals surface area contributed by atoms with E-state index in [2.05, 4.69) is 37.3 Å². The summed E-state index contributed by atoms with van der Waals surface area (Å²) in [5.41, 5.74) is 1.16. The fourth-order valence-electron chi connectivity index (χ4n) is 4.17. The van der Waals surface area contributed by atoms with Crippen molar-refractivity contribution < 1.29 is 9.59 Å². The van der Waals surface area contributed by atoms with E-state index in [0.29, 0.717) is 19.0 Å². The van der Waals surface area contributed by atoms with Crippen LogP contribution in [0.4, 0.5) is 0 Å². The van der Waals surface area contributed by atoms with Gasteiger partial charge in [0.25, 0.3) is 0 Å². The summed E-state index contributed by atoms with van der Waals surface area (Å²) in [7, 11) is 0. The largest absolute Gasteiger partial charge is 0.333 e. The number of amides is 2. The van der Waals surface area contributed by atoms with E-state index in [1.807, 2.05) is 17.0 Å². The van der Waals surface area contributed by atoms with Gasteiger partial charge in [-0.25, -0.2) is 0 Å². The standard InChI is InChI=1S/C23H28N2O2/c1-17(19-11-10-18-7-4-5-8-20(18)15-19)25(21-12-13-21)23(27)16-24-14-6-2-3-9-22(24)26/h4-5,7-8,10-11,15,17,21H,2-3,6,9,12-14,16H2,1H3/t17-/m1/s1. The van der Waals surface area contributed by atoms with E-state index in [-0.39, 0.29) is 24.4 Å². The first-order valence-electron chi connectivity index (χ1n) is 10.2. The van der Waals surface area contributed by atoms with E-state index in [1.165, 1.54) is 10.8 Å². The second-order valence-corrected chi connectivity index (χ2v) is 7.94. The molecular formula is C23H28N2O2. The maximum absolute atomic E-state index is 13.2. The Hall–Kier alpha value is -2.36. The van der Waals surface area contributed by atoms with Gasteiger partial charge in [0.05, 0.1) is 12.6 Å². The monoisotopic (exact) mass is 364 g/mol. The van der Waals surface area contributed by atoms with Crippen LogP contribution in [0.2, 0.25) is 0 Å². The van der Waals surface area contributed by atoms with Gasteiger partial charge in [0.1, 0.15) is 0 Å². The topological polar surface area (TPSA) is 40.6 Å². The van der Waals surface area contributed by atoms with Gasteiger partial charge in [-0.3, -0.25) is 9.59 Å². The van der Waals surface area contributed by atoms with Gasteiger partial charge in [0.2, 0.25) is 11.8 Å². The van der Waals surface area contributed by atoms with Crippen LogP contribution in [0.3, 0.4) is 0 Å². The maximum atomic E-state index is 13.2. The van der Waals surface area contributed by atoms with Crippen molar-refractivity contribution in [3.05, 3.63) is 48.0 Å². The van der Waals surface area contributed by atoms with Crippen LogP contribution in [-0.2, 0) is 9.59 Å². The molecule has 2 aromatic carbocycles. The van der Waals surface area contributed by atoms with E-state index in [0.717, 1.165) is 37.7 Å². The zero-order valence-corrected chi connectivity index (χ0v) is 16.1. The van der Waals surface area contributed by atoms with E-state index in [4.69, 9.17) is 0 Å². The molecule has 1 heterocycles. The normalized spacial score (nSPS) is 19.0. The minimum Gasteiger partial charge on any atom is -0.333 e. The van der Waals surface area contributed by atoms with Crippen LogP contribution in [-0.4, -0.2) is 40.7 Å². The molecule has 27 heavy (non-hydrogen) atoms. The molecule has 0 aromatic heterocycles. The van der Waals surface area contributed by atoms with Gasteiger partial charge in [0.15, 0.2) is 0 Å². The second-order valence-electron chi connectivity index (χ2n) is 7.94. The number of likely N-dealkylation sites (tertiary alicyclic amines) is 1. The Morgan fingerprint density at radius 1 is 1.11 bits per heavy atom. The van der Waals surface area contributed by atoms with Crippen LogP contribution in [0.1, 0.15) is 57.1 Å². The Labute approximate surface area is 161 Å². The molecule has 4 rings (SSSR count). The summed E-state index contributed by atoms with van der Waals surface area (Å²) >= 11 is 0. The number of benzene rings is 2. The van der Waals surface area contributed by atoms with Crippen molar-refractivity contribution in [1.82, 2.24) is 9.80 Å². The molecule has 1 aliphatic heterocycles. The van der Waals surface area contributed by atoms with Gasteiger partial charge in [-0.15, -0.1) is 0 Å². The quantitative estimate of drug-likeness (QED) is 0.794. The zero-order valence-electron chi connectivity index (χ0n) is 16.1. The summed E-state index contributed by atoms with van der Waals surface area (Å²) in [6.07, 6.45) is 5.74. The van der Waals surface area contributed by atoms with Crippen LogP contribution >= 0.6 is 0 Å². The fraction of sp³-hybridized carbons (Fsp3) is 0.478. The van der Waals surface area contributed by atoms with Crippen molar-refractivity contribution in [3.8, 4) is 0 Å². The first-order chi connectivity index (χ1) is 13.1. The summed E-state index contributed by atoms with van der Waals surface area (Å²) in [4.78, 5) is 29.3. The van der Waals surface area contributed by atoms with Crippen LogP contribution in [0.5, 0.6) is 0 Å². The van der Waals surface area contributed by atoms with Crippen molar-refractivity contribution in [2.24, 2.45) is 0 Å². The zero-order chi connectivity index (χ0) is 18.8. The third-order valence-electron chi connectivity index (χ3n) is 5.90. The number of carbonyl (C=O) groups excluding carboxylic acids is 2. The third-order valence-corrected chi connectivity index (χ3v) is 5.90. The van der Waals surface area contributed by atoms with Crippen LogP contribution in [0.25, 0.3) is 10.8 Å². The molecule has 4 nitrogen and oxygen atoms in total. The molecule has 1 atom stereocenters. The van der Waals surface area contributed by atoms with Crippen LogP contribution < -0.4 is 0 Å². The highest BCUT2D eigenvalue weighted by molar-refractivity contribution is 5.86. The molecule has 1 saturated carbocycles. The highest BCUT2D eigenvalue weighted by Crippen LogP contribution is 2.35. The minimum absolute atomic E-state index is 0.0247. The smallest absolute Gasteiger partial charge is 0.242 e. The van der Waals surface area contributed by atoms with Crippen molar-refractivity contribution in [3.63, 3.8) is 0 Å². The van der Waals surface area contributed by atoms with E-state index < -0.39 is 0 Å². The van der Waals surface area contributed by atoms with Gasteiger partial charge in [-0.05, 0) is 55.0 Å². The van der Waals surface area contributed by atoms with E-state index in [1.54, 1.807) is 4.90 Å². The summed E-state index contributed by atoms with van der Waals surface area (Å²) in [6, 6.07) is 15.1. The maximum Gasteiger partial charge on any atom is 0.242 e. The van der Waals surface area contributed by atoms with Gasteiger partial charge < -0.3 is 9.80 Å². The first kappa shape index (κ1) is 18.0. The summed E-state index contributed by atoms with van der Waals surface area (Å²) in [6.45, 7) is 3.06. The van der Waals surface area contributed by atoms with Crippen molar-refractivity contribution in [1.29, 1.82) is 0 Å².